The molecule has 0 fully saturated rings. The molecule has 0 unspecified atom stereocenters. The van der Waals surface area contributed by atoms with E-state index in [9.17, 15) is 4.79 Å². The predicted molar refractivity (Wildman–Crippen MR) is 124 cm³/mol. The molecular weight excluding hydrogens is 402 g/mol. The fourth-order valence-electron chi connectivity index (χ4n) is 4.48. The smallest absolute Gasteiger partial charge is 0.227 e. The Morgan fingerprint density at radius 2 is 1.97 bits per heavy atom. The zero-order valence-corrected chi connectivity index (χ0v) is 17.2. The molecule has 0 radical (unpaired) electrons. The molecule has 0 spiro atoms. The molecule has 2 aromatic carbocycles. The second-order valence-electron chi connectivity index (χ2n) is 8.12. The third kappa shape index (κ3) is 3.26. The van der Waals surface area contributed by atoms with E-state index in [0.717, 1.165) is 63.2 Å². The van der Waals surface area contributed by atoms with Crippen LogP contribution in [0.25, 0.3) is 21.9 Å². The molecule has 0 bridgehead atoms. The molecule has 4 N–H and O–H groups in total. The van der Waals surface area contributed by atoms with E-state index in [0.29, 0.717) is 6.42 Å². The Hall–Kier alpha value is -4.20. The van der Waals surface area contributed by atoms with E-state index in [2.05, 4.69) is 35.8 Å². The summed E-state index contributed by atoms with van der Waals surface area (Å²) in [6.07, 6.45) is 5.61. The Labute approximate surface area is 183 Å². The highest BCUT2D eigenvalue weighted by Crippen LogP contribution is 2.35. The molecule has 1 atom stereocenters. The van der Waals surface area contributed by atoms with E-state index < -0.39 is 0 Å². The van der Waals surface area contributed by atoms with Crippen molar-refractivity contribution in [2.75, 3.05) is 10.6 Å². The molecule has 1 aliphatic rings. The quantitative estimate of drug-likeness (QED) is 0.344. The first-order valence-electron chi connectivity index (χ1n) is 10.6. The van der Waals surface area contributed by atoms with Crippen LogP contribution < -0.4 is 10.6 Å². The number of aromatic amines is 2. The number of nitrogens with zero attached hydrogens (tertiary/aromatic N) is 3. The number of nitrogens with one attached hydrogen (secondary N) is 4. The first-order valence-corrected chi connectivity index (χ1v) is 10.6. The summed E-state index contributed by atoms with van der Waals surface area (Å²) < 4.78 is 0. The van der Waals surface area contributed by atoms with Crippen LogP contribution in [0.2, 0.25) is 0 Å². The van der Waals surface area contributed by atoms with E-state index in [1.165, 1.54) is 0 Å². The van der Waals surface area contributed by atoms with Gasteiger partial charge in [0.15, 0.2) is 0 Å². The average molecular weight is 423 g/mol. The number of aryl methyl sites for hydroxylation is 1. The zero-order chi connectivity index (χ0) is 21.5. The monoisotopic (exact) mass is 423 g/mol. The number of anilines is 3. The van der Waals surface area contributed by atoms with Crippen molar-refractivity contribution in [1.82, 2.24) is 25.1 Å². The molecule has 3 aromatic heterocycles. The summed E-state index contributed by atoms with van der Waals surface area (Å²) in [4.78, 5) is 25.3. The summed E-state index contributed by atoms with van der Waals surface area (Å²) in [5, 5.41) is 15.5. The first kappa shape index (κ1) is 18.6. The highest BCUT2D eigenvalue weighted by atomic mass is 16.1. The minimum Gasteiger partial charge on any atom is -0.343 e. The van der Waals surface area contributed by atoms with E-state index in [-0.39, 0.29) is 11.8 Å². The summed E-state index contributed by atoms with van der Waals surface area (Å²) in [6.45, 7) is 0. The second-order valence-corrected chi connectivity index (χ2v) is 8.12. The summed E-state index contributed by atoms with van der Waals surface area (Å²) in [5.74, 6) is 0.685. The predicted octanol–water partition coefficient (Wildman–Crippen LogP) is 4.32. The van der Waals surface area contributed by atoms with Crippen molar-refractivity contribution in [2.45, 2.75) is 19.3 Å². The first-order chi connectivity index (χ1) is 15.7. The number of amides is 1. The van der Waals surface area contributed by atoms with E-state index in [1.54, 1.807) is 12.5 Å². The maximum atomic E-state index is 12.9. The van der Waals surface area contributed by atoms with Gasteiger partial charge in [-0.25, -0.2) is 9.97 Å². The lowest BCUT2D eigenvalue weighted by Gasteiger charge is -2.22. The Morgan fingerprint density at radius 3 is 2.88 bits per heavy atom. The van der Waals surface area contributed by atoms with Gasteiger partial charge in [0.25, 0.3) is 0 Å². The normalized spacial score (nSPS) is 15.6. The van der Waals surface area contributed by atoms with Gasteiger partial charge < -0.3 is 15.6 Å². The van der Waals surface area contributed by atoms with Crippen LogP contribution in [-0.4, -0.2) is 31.1 Å². The number of hydrogen-bond donors (Lipinski definition) is 4. The summed E-state index contributed by atoms with van der Waals surface area (Å²) in [5.41, 5.74) is 5.77. The second kappa shape index (κ2) is 7.49. The molecule has 6 rings (SSSR count). The third-order valence-corrected chi connectivity index (χ3v) is 6.09. The van der Waals surface area contributed by atoms with Crippen LogP contribution in [0.3, 0.4) is 0 Å². The largest absolute Gasteiger partial charge is 0.343 e. The van der Waals surface area contributed by atoms with Gasteiger partial charge in [0.2, 0.25) is 5.91 Å². The average Bonchev–Trinajstić information content (AvgIpc) is 3.43. The van der Waals surface area contributed by atoms with E-state index >= 15 is 0 Å². The lowest BCUT2D eigenvalue weighted by Crippen LogP contribution is -2.28. The van der Waals surface area contributed by atoms with Crippen molar-refractivity contribution < 1.29 is 4.79 Å². The molecule has 8 nitrogen and oxygen atoms in total. The van der Waals surface area contributed by atoms with Gasteiger partial charge >= 0.3 is 0 Å². The maximum absolute atomic E-state index is 12.9. The summed E-state index contributed by atoms with van der Waals surface area (Å²) >= 11 is 0. The number of carbonyl (C=O) groups is 1. The molecule has 0 aliphatic heterocycles. The number of para-hydroxylation sites is 1. The van der Waals surface area contributed by atoms with Crippen LogP contribution in [0, 0.1) is 5.92 Å². The van der Waals surface area contributed by atoms with Gasteiger partial charge in [-0.1, -0.05) is 18.2 Å². The van der Waals surface area contributed by atoms with Crippen molar-refractivity contribution in [3.8, 4) is 0 Å². The molecule has 1 aliphatic carbocycles. The number of fused-ring (bicyclic) bond motifs is 4. The van der Waals surface area contributed by atoms with Crippen LogP contribution in [0.1, 0.15) is 17.7 Å². The van der Waals surface area contributed by atoms with Gasteiger partial charge in [-0.15, -0.1) is 0 Å². The van der Waals surface area contributed by atoms with Crippen molar-refractivity contribution in [3.63, 3.8) is 0 Å². The number of aromatic nitrogens is 5. The fourth-order valence-corrected chi connectivity index (χ4v) is 4.48. The lowest BCUT2D eigenvalue weighted by atomic mass is 9.86. The number of rotatable bonds is 4. The minimum atomic E-state index is -0.1000. The van der Waals surface area contributed by atoms with Gasteiger partial charge in [-0.3, -0.25) is 9.89 Å². The van der Waals surface area contributed by atoms with Crippen molar-refractivity contribution in [3.05, 3.63) is 72.3 Å². The standard InChI is InChI=1S/C24H21N7O/c32-24(29-16-4-2-1-3-5-16)14-6-8-20-18(11-14)21-22(25-13-26-23(21)30-20)28-17-7-9-19-15(10-17)12-27-31-19/h1-5,7,9-10,12-14H,6,8,11H2,(H,27,31)(H,29,32)(H2,25,26,28,30)/t14-/m0/s1. The number of H-pyrrole nitrogens is 2. The number of benzene rings is 2. The Morgan fingerprint density at radius 1 is 1.06 bits per heavy atom. The van der Waals surface area contributed by atoms with E-state index in [4.69, 9.17) is 0 Å². The van der Waals surface area contributed by atoms with Crippen LogP contribution in [0.5, 0.6) is 0 Å². The maximum Gasteiger partial charge on any atom is 0.227 e. The molecule has 1 amide bonds. The van der Waals surface area contributed by atoms with Crippen LogP contribution in [0.4, 0.5) is 17.2 Å². The van der Waals surface area contributed by atoms with Gasteiger partial charge in [0, 0.05) is 28.4 Å². The van der Waals surface area contributed by atoms with Gasteiger partial charge in [-0.2, -0.15) is 5.10 Å². The molecular formula is C24H21N7O. The molecule has 158 valence electrons. The number of hydrogen-bond acceptors (Lipinski definition) is 5. The van der Waals surface area contributed by atoms with Crippen molar-refractivity contribution >= 4 is 45.0 Å². The van der Waals surface area contributed by atoms with E-state index in [1.807, 2.05) is 48.5 Å². The number of carbonyl (C=O) groups excluding carboxylic acids is 1. The van der Waals surface area contributed by atoms with Crippen LogP contribution in [-0.2, 0) is 17.6 Å². The SMILES string of the molecule is O=C(Nc1ccccc1)[C@H]1CCc2[nH]c3ncnc(Nc4ccc5[nH]ncc5c4)c3c2C1. The van der Waals surface area contributed by atoms with Gasteiger partial charge in [0.1, 0.15) is 17.8 Å². The van der Waals surface area contributed by atoms with Crippen molar-refractivity contribution in [2.24, 2.45) is 5.92 Å². The molecule has 0 saturated heterocycles. The topological polar surface area (TPSA) is 111 Å². The van der Waals surface area contributed by atoms with Crippen LogP contribution >= 0.6 is 0 Å². The fraction of sp³-hybridized carbons (Fsp3) is 0.167. The minimum absolute atomic E-state index is 0.0490. The molecule has 32 heavy (non-hydrogen) atoms. The third-order valence-electron chi connectivity index (χ3n) is 6.09. The van der Waals surface area contributed by atoms with Gasteiger partial charge in [-0.05, 0) is 55.2 Å². The van der Waals surface area contributed by atoms with Crippen molar-refractivity contribution in [1.29, 1.82) is 0 Å². The Balaban J connectivity index is 1.32. The Bertz CT molecular complexity index is 1440. The molecule has 0 saturated carbocycles. The molecule has 8 heteroatoms. The van der Waals surface area contributed by atoms with Crippen LogP contribution in [0.15, 0.2) is 61.1 Å². The molecule has 5 aromatic rings. The highest BCUT2D eigenvalue weighted by Gasteiger charge is 2.29. The summed E-state index contributed by atoms with van der Waals surface area (Å²) in [6, 6.07) is 15.6. The zero-order valence-electron chi connectivity index (χ0n) is 17.2. The Kier molecular flexibility index (Phi) is 4.34. The van der Waals surface area contributed by atoms with Gasteiger partial charge in [0.05, 0.1) is 17.1 Å². The highest BCUT2D eigenvalue weighted by molar-refractivity contribution is 5.96. The summed E-state index contributed by atoms with van der Waals surface area (Å²) in [7, 11) is 0. The lowest BCUT2D eigenvalue weighted by molar-refractivity contribution is -0.120. The molecule has 3 heterocycles.